The highest BCUT2D eigenvalue weighted by atomic mass is 32.1. The fourth-order valence-electron chi connectivity index (χ4n) is 3.43. The van der Waals surface area contributed by atoms with Crippen LogP contribution in [-0.2, 0) is 24.2 Å². The van der Waals surface area contributed by atoms with Crippen LogP contribution in [-0.4, -0.2) is 22.4 Å². The number of hydrogen-bond acceptors (Lipinski definition) is 6. The molecule has 3 aromatic rings. The van der Waals surface area contributed by atoms with E-state index in [4.69, 9.17) is 9.72 Å². The summed E-state index contributed by atoms with van der Waals surface area (Å²) in [6.07, 6.45) is 4.19. The van der Waals surface area contributed by atoms with Gasteiger partial charge >= 0.3 is 5.69 Å². The number of amides is 1. The molecule has 1 heterocycles. The number of hydrogen-bond donors (Lipinski definition) is 0. The second-order valence-electron chi connectivity index (χ2n) is 7.05. The van der Waals surface area contributed by atoms with E-state index < -0.39 is 4.92 Å². The zero-order valence-corrected chi connectivity index (χ0v) is 17.1. The molecule has 1 aliphatic carbocycles. The van der Waals surface area contributed by atoms with E-state index in [1.165, 1.54) is 17.0 Å². The van der Waals surface area contributed by atoms with Gasteiger partial charge in [0.05, 0.1) is 17.2 Å². The minimum Gasteiger partial charge on any atom is -0.477 e. The Morgan fingerprint density at radius 3 is 2.60 bits per heavy atom. The molecule has 4 rings (SSSR count). The smallest absolute Gasteiger partial charge is 0.310 e. The van der Waals surface area contributed by atoms with Gasteiger partial charge in [-0.2, -0.15) is 0 Å². The molecule has 0 N–H and O–H groups in total. The van der Waals surface area contributed by atoms with Crippen LogP contribution in [0.25, 0.3) is 0 Å². The van der Waals surface area contributed by atoms with Crippen molar-refractivity contribution in [3.8, 4) is 5.75 Å². The quantitative estimate of drug-likeness (QED) is 0.411. The summed E-state index contributed by atoms with van der Waals surface area (Å²) in [4.78, 5) is 31.4. The van der Waals surface area contributed by atoms with E-state index in [1.54, 1.807) is 28.4 Å². The largest absolute Gasteiger partial charge is 0.477 e. The molecule has 8 heteroatoms. The molecule has 0 bridgehead atoms. The molecule has 2 aromatic carbocycles. The van der Waals surface area contributed by atoms with Crippen LogP contribution in [0, 0.1) is 10.1 Å². The van der Waals surface area contributed by atoms with Crippen molar-refractivity contribution in [3.63, 3.8) is 0 Å². The fourth-order valence-corrected chi connectivity index (χ4v) is 4.59. The van der Waals surface area contributed by atoms with Gasteiger partial charge in [-0.1, -0.05) is 42.5 Å². The Balaban J connectivity index is 1.56. The number of carbonyl (C=O) groups excluding carboxylic acids is 1. The summed E-state index contributed by atoms with van der Waals surface area (Å²) < 4.78 is 5.55. The Kier molecular flexibility index (Phi) is 6.04. The first-order valence-corrected chi connectivity index (χ1v) is 10.6. The monoisotopic (exact) mass is 423 g/mol. The summed E-state index contributed by atoms with van der Waals surface area (Å²) in [5.41, 5.74) is 1.89. The molecule has 0 atom stereocenters. The molecule has 0 radical (unpaired) electrons. The van der Waals surface area contributed by atoms with Crippen molar-refractivity contribution in [3.05, 3.63) is 80.8 Å². The van der Waals surface area contributed by atoms with Crippen molar-refractivity contribution in [2.45, 2.75) is 32.2 Å². The molecule has 7 nitrogen and oxygen atoms in total. The van der Waals surface area contributed by atoms with Gasteiger partial charge in [0.15, 0.2) is 17.5 Å². The summed E-state index contributed by atoms with van der Waals surface area (Å²) in [5.74, 6) is -0.211. The Hall–Kier alpha value is -3.26. The van der Waals surface area contributed by atoms with Crippen molar-refractivity contribution in [1.82, 2.24) is 4.98 Å². The molecular weight excluding hydrogens is 402 g/mol. The Morgan fingerprint density at radius 2 is 1.83 bits per heavy atom. The average molecular weight is 423 g/mol. The van der Waals surface area contributed by atoms with Gasteiger partial charge in [0, 0.05) is 10.9 Å². The topological polar surface area (TPSA) is 85.6 Å². The first-order valence-electron chi connectivity index (χ1n) is 9.81. The Morgan fingerprint density at radius 1 is 1.10 bits per heavy atom. The molecule has 0 saturated heterocycles. The van der Waals surface area contributed by atoms with Gasteiger partial charge in [-0.25, -0.2) is 4.98 Å². The normalized spacial score (nSPS) is 12.8. The van der Waals surface area contributed by atoms with Gasteiger partial charge < -0.3 is 4.74 Å². The molecular formula is C22H21N3O4S. The van der Waals surface area contributed by atoms with E-state index in [1.807, 2.05) is 30.3 Å². The van der Waals surface area contributed by atoms with Crippen LogP contribution in [0.3, 0.4) is 0 Å². The first-order chi connectivity index (χ1) is 14.6. The number of fused-ring (bicyclic) bond motifs is 1. The van der Waals surface area contributed by atoms with E-state index in [2.05, 4.69) is 0 Å². The summed E-state index contributed by atoms with van der Waals surface area (Å²) in [7, 11) is 0. The van der Waals surface area contributed by atoms with Crippen molar-refractivity contribution < 1.29 is 14.5 Å². The maximum absolute atomic E-state index is 13.1. The number of para-hydroxylation sites is 2. The van der Waals surface area contributed by atoms with E-state index in [9.17, 15) is 14.9 Å². The third-order valence-corrected chi connectivity index (χ3v) is 6.14. The third kappa shape index (κ3) is 4.49. The van der Waals surface area contributed by atoms with Crippen molar-refractivity contribution in [2.24, 2.45) is 0 Å². The lowest BCUT2D eigenvalue weighted by atomic mass is 10.0. The van der Waals surface area contributed by atoms with E-state index in [0.29, 0.717) is 11.7 Å². The summed E-state index contributed by atoms with van der Waals surface area (Å²) in [6.45, 7) is 0.0637. The predicted molar refractivity (Wildman–Crippen MR) is 115 cm³/mol. The Labute approximate surface area is 178 Å². The van der Waals surface area contributed by atoms with Gasteiger partial charge in [-0.3, -0.25) is 19.8 Å². The van der Waals surface area contributed by atoms with E-state index in [0.717, 1.165) is 36.9 Å². The average Bonchev–Trinajstić information content (AvgIpc) is 3.20. The molecule has 1 amide bonds. The maximum Gasteiger partial charge on any atom is 0.310 e. The van der Waals surface area contributed by atoms with E-state index in [-0.39, 0.29) is 24.0 Å². The van der Waals surface area contributed by atoms with Gasteiger partial charge in [-0.05, 0) is 37.3 Å². The number of carbonyl (C=O) groups is 1. The lowest BCUT2D eigenvalue weighted by Crippen LogP contribution is -2.34. The third-order valence-electron chi connectivity index (χ3n) is 4.96. The number of aryl methyl sites for hydroxylation is 2. The van der Waals surface area contributed by atoms with Crippen LogP contribution in [0.2, 0.25) is 0 Å². The van der Waals surface area contributed by atoms with Crippen molar-refractivity contribution >= 4 is 28.1 Å². The van der Waals surface area contributed by atoms with Crippen LogP contribution in [0.15, 0.2) is 54.6 Å². The number of ether oxygens (including phenoxy) is 1. The SMILES string of the molecule is O=C(COc1ccccc1[N+](=O)[O-])N(Cc1ccccc1)c1nc2c(s1)CCCC2. The van der Waals surface area contributed by atoms with Gasteiger partial charge in [0.25, 0.3) is 5.91 Å². The van der Waals surface area contributed by atoms with Crippen LogP contribution >= 0.6 is 11.3 Å². The lowest BCUT2D eigenvalue weighted by Gasteiger charge is -2.20. The predicted octanol–water partition coefficient (Wildman–Crippen LogP) is 4.54. The van der Waals surface area contributed by atoms with Gasteiger partial charge in [-0.15, -0.1) is 11.3 Å². The molecule has 0 fully saturated rings. The van der Waals surface area contributed by atoms with Crippen LogP contribution in [0.4, 0.5) is 10.8 Å². The maximum atomic E-state index is 13.1. The molecule has 1 aromatic heterocycles. The second-order valence-corrected chi connectivity index (χ2v) is 8.11. The molecule has 0 aliphatic heterocycles. The first kappa shape index (κ1) is 20.0. The lowest BCUT2D eigenvalue weighted by molar-refractivity contribution is -0.385. The van der Waals surface area contributed by atoms with Crippen molar-refractivity contribution in [2.75, 3.05) is 11.5 Å². The number of nitro benzene ring substituents is 1. The molecule has 0 saturated carbocycles. The molecule has 154 valence electrons. The molecule has 30 heavy (non-hydrogen) atoms. The van der Waals surface area contributed by atoms with Crippen LogP contribution in [0.5, 0.6) is 5.75 Å². The second kappa shape index (κ2) is 9.04. The highest BCUT2D eigenvalue weighted by molar-refractivity contribution is 7.15. The fraction of sp³-hybridized carbons (Fsp3) is 0.273. The zero-order chi connectivity index (χ0) is 20.9. The molecule has 0 unspecified atom stereocenters. The number of benzene rings is 2. The highest BCUT2D eigenvalue weighted by Gasteiger charge is 2.25. The number of nitro groups is 1. The highest BCUT2D eigenvalue weighted by Crippen LogP contribution is 2.33. The van der Waals surface area contributed by atoms with E-state index >= 15 is 0 Å². The van der Waals surface area contributed by atoms with Gasteiger partial charge in [0.2, 0.25) is 0 Å². The number of rotatable bonds is 7. The summed E-state index contributed by atoms with van der Waals surface area (Å²) in [6, 6.07) is 15.7. The number of thiazole rings is 1. The minimum absolute atomic E-state index is 0.0777. The van der Waals surface area contributed by atoms with Crippen LogP contribution in [0.1, 0.15) is 29.0 Å². The number of anilines is 1. The van der Waals surface area contributed by atoms with Crippen molar-refractivity contribution in [1.29, 1.82) is 0 Å². The number of nitrogens with zero attached hydrogens (tertiary/aromatic N) is 3. The minimum atomic E-state index is -0.517. The Bertz CT molecular complexity index is 1030. The molecule has 0 spiro atoms. The summed E-state index contributed by atoms with van der Waals surface area (Å²) in [5, 5.41) is 11.9. The standard InChI is InChI=1S/C22H21N3O4S/c26-21(15-29-19-12-6-5-11-18(19)25(27)28)24(14-16-8-2-1-3-9-16)22-23-17-10-4-7-13-20(17)30-22/h1-3,5-6,8-9,11-12H,4,7,10,13-15H2. The van der Waals surface area contributed by atoms with Gasteiger partial charge in [0.1, 0.15) is 0 Å². The zero-order valence-electron chi connectivity index (χ0n) is 16.3. The molecule has 1 aliphatic rings. The number of aromatic nitrogens is 1. The van der Waals surface area contributed by atoms with Crippen LogP contribution < -0.4 is 9.64 Å². The summed E-state index contributed by atoms with van der Waals surface area (Å²) >= 11 is 1.55.